The van der Waals surface area contributed by atoms with Crippen LogP contribution in [0.4, 0.5) is 0 Å². The Morgan fingerprint density at radius 3 is 2.17 bits per heavy atom. The molecule has 1 atom stereocenters. The Labute approximate surface area is 77.5 Å². The second-order valence-electron chi connectivity index (χ2n) is 3.30. The van der Waals surface area contributed by atoms with Gasteiger partial charge in [0.2, 0.25) is 0 Å². The van der Waals surface area contributed by atoms with Gasteiger partial charge in [-0.1, -0.05) is 20.8 Å². The zero-order valence-electron chi connectivity index (χ0n) is 9.30. The Morgan fingerprint density at radius 2 is 1.75 bits per heavy atom. The highest BCUT2D eigenvalue weighted by Crippen LogP contribution is 2.07. The minimum Gasteiger partial charge on any atom is -0.304 e. The Morgan fingerprint density at radius 1 is 1.17 bits per heavy atom. The average Bonchev–Trinajstić information content (AvgIpc) is 2.13. The van der Waals surface area contributed by atoms with E-state index in [9.17, 15) is 0 Å². The Hall–Kier alpha value is -0.0800. The van der Waals surface area contributed by atoms with Crippen LogP contribution in [0.3, 0.4) is 0 Å². The van der Waals surface area contributed by atoms with Crippen molar-refractivity contribution in [1.29, 1.82) is 0 Å². The van der Waals surface area contributed by atoms with Gasteiger partial charge < -0.3 is 9.80 Å². The maximum absolute atomic E-state index is 2.46. The van der Waals surface area contributed by atoms with Crippen LogP contribution in [0.1, 0.15) is 27.2 Å². The summed E-state index contributed by atoms with van der Waals surface area (Å²) < 4.78 is 0. The van der Waals surface area contributed by atoms with E-state index in [-0.39, 0.29) is 0 Å². The van der Waals surface area contributed by atoms with Gasteiger partial charge in [0.1, 0.15) is 0 Å². The highest BCUT2D eigenvalue weighted by molar-refractivity contribution is 4.76. The number of hydrogen-bond donors (Lipinski definition) is 0. The summed E-state index contributed by atoms with van der Waals surface area (Å²) in [6.45, 7) is 9.97. The molecular weight excluding hydrogens is 148 g/mol. The van der Waals surface area contributed by atoms with Crippen molar-refractivity contribution in [2.24, 2.45) is 0 Å². The molecule has 0 spiro atoms. The van der Waals surface area contributed by atoms with Gasteiger partial charge in [0, 0.05) is 25.7 Å². The average molecular weight is 172 g/mol. The highest BCUT2D eigenvalue weighted by Gasteiger charge is 2.19. The molecule has 1 fully saturated rings. The van der Waals surface area contributed by atoms with Crippen LogP contribution < -0.4 is 0 Å². The van der Waals surface area contributed by atoms with Crippen LogP contribution in [-0.2, 0) is 0 Å². The molecule has 1 rings (SSSR count). The first-order valence-electron chi connectivity index (χ1n) is 5.12. The van der Waals surface area contributed by atoms with Crippen molar-refractivity contribution in [2.45, 2.75) is 33.2 Å². The molecule has 0 aliphatic carbocycles. The fourth-order valence-corrected chi connectivity index (χ4v) is 1.54. The summed E-state index contributed by atoms with van der Waals surface area (Å²) in [6, 6.07) is 0.791. The zero-order valence-corrected chi connectivity index (χ0v) is 9.30. The van der Waals surface area contributed by atoms with Gasteiger partial charge in [-0.2, -0.15) is 0 Å². The van der Waals surface area contributed by atoms with E-state index in [1.54, 1.807) is 0 Å². The predicted octanol–water partition coefficient (Wildman–Crippen LogP) is 1.67. The molecule has 0 bridgehead atoms. The van der Waals surface area contributed by atoms with Gasteiger partial charge >= 0.3 is 0 Å². The Bertz CT molecular complexity index is 104. The van der Waals surface area contributed by atoms with E-state index in [1.807, 2.05) is 13.8 Å². The molecule has 0 aromatic rings. The largest absolute Gasteiger partial charge is 0.304 e. The Balaban J connectivity index is 0.000000561. The first-order chi connectivity index (χ1) is 5.74. The summed E-state index contributed by atoms with van der Waals surface area (Å²) in [5.74, 6) is 0. The molecule has 1 saturated heterocycles. The summed E-state index contributed by atoms with van der Waals surface area (Å²) in [5, 5.41) is 0. The van der Waals surface area contributed by atoms with Crippen LogP contribution >= 0.6 is 0 Å². The molecule has 0 aromatic carbocycles. The first kappa shape index (κ1) is 11.9. The summed E-state index contributed by atoms with van der Waals surface area (Å²) in [5.41, 5.74) is 0. The fraction of sp³-hybridized carbons (Fsp3) is 1.00. The third-order valence-corrected chi connectivity index (χ3v) is 2.45. The van der Waals surface area contributed by atoms with E-state index in [2.05, 4.69) is 30.8 Å². The minimum absolute atomic E-state index is 0.791. The monoisotopic (exact) mass is 172 g/mol. The second-order valence-corrected chi connectivity index (χ2v) is 3.30. The molecule has 1 unspecified atom stereocenters. The van der Waals surface area contributed by atoms with E-state index < -0.39 is 0 Å². The predicted molar refractivity (Wildman–Crippen MR) is 55.6 cm³/mol. The lowest BCUT2D eigenvalue weighted by molar-refractivity contribution is 0.112. The van der Waals surface area contributed by atoms with Crippen LogP contribution in [0.2, 0.25) is 0 Å². The number of piperazine rings is 1. The first-order valence-corrected chi connectivity index (χ1v) is 5.12. The molecule has 2 nitrogen and oxygen atoms in total. The maximum Gasteiger partial charge on any atom is 0.0217 e. The van der Waals surface area contributed by atoms with Gasteiger partial charge in [0.25, 0.3) is 0 Å². The summed E-state index contributed by atoms with van der Waals surface area (Å²) in [4.78, 5) is 4.87. The van der Waals surface area contributed by atoms with Crippen LogP contribution in [-0.4, -0.2) is 49.6 Å². The standard InChI is InChI=1S/C8H18N2.C2H6/c1-4-8-7-9(2)5-6-10(8)3;1-2/h8H,4-7H2,1-3H3;1-2H3. The minimum atomic E-state index is 0.791. The third-order valence-electron chi connectivity index (χ3n) is 2.45. The molecule has 74 valence electrons. The molecule has 1 heterocycles. The summed E-state index contributed by atoms with van der Waals surface area (Å²) in [7, 11) is 4.43. The smallest absolute Gasteiger partial charge is 0.0217 e. The highest BCUT2D eigenvalue weighted by atomic mass is 15.3. The lowest BCUT2D eigenvalue weighted by atomic mass is 10.1. The topological polar surface area (TPSA) is 6.48 Å². The summed E-state index contributed by atoms with van der Waals surface area (Å²) >= 11 is 0. The van der Waals surface area contributed by atoms with E-state index >= 15 is 0 Å². The van der Waals surface area contributed by atoms with Crippen LogP contribution in [0.15, 0.2) is 0 Å². The number of nitrogens with zero attached hydrogens (tertiary/aromatic N) is 2. The van der Waals surface area contributed by atoms with Crippen LogP contribution in [0.5, 0.6) is 0 Å². The van der Waals surface area contributed by atoms with E-state index in [1.165, 1.54) is 26.1 Å². The van der Waals surface area contributed by atoms with Crippen molar-refractivity contribution < 1.29 is 0 Å². The normalized spacial score (nSPS) is 26.2. The molecule has 1 aliphatic heterocycles. The number of rotatable bonds is 1. The lowest BCUT2D eigenvalue weighted by Gasteiger charge is -2.37. The van der Waals surface area contributed by atoms with E-state index in [4.69, 9.17) is 0 Å². The molecule has 1 aliphatic rings. The second kappa shape index (κ2) is 6.44. The lowest BCUT2D eigenvalue weighted by Crippen LogP contribution is -2.49. The SMILES string of the molecule is CC.CCC1CN(C)CCN1C. The van der Waals surface area contributed by atoms with Gasteiger partial charge in [0.15, 0.2) is 0 Å². The van der Waals surface area contributed by atoms with E-state index in [0.717, 1.165) is 6.04 Å². The fourth-order valence-electron chi connectivity index (χ4n) is 1.54. The van der Waals surface area contributed by atoms with Crippen LogP contribution in [0.25, 0.3) is 0 Å². The van der Waals surface area contributed by atoms with Crippen molar-refractivity contribution >= 4 is 0 Å². The van der Waals surface area contributed by atoms with Gasteiger partial charge in [-0.15, -0.1) is 0 Å². The quantitative estimate of drug-likeness (QED) is 0.593. The van der Waals surface area contributed by atoms with Gasteiger partial charge in [-0.3, -0.25) is 0 Å². The van der Waals surface area contributed by atoms with Crippen molar-refractivity contribution in [3.05, 3.63) is 0 Å². The van der Waals surface area contributed by atoms with Crippen molar-refractivity contribution in [3.63, 3.8) is 0 Å². The third kappa shape index (κ3) is 3.55. The molecule has 0 radical (unpaired) electrons. The number of hydrogen-bond acceptors (Lipinski definition) is 2. The Kier molecular flexibility index (Phi) is 6.39. The van der Waals surface area contributed by atoms with Crippen molar-refractivity contribution in [3.8, 4) is 0 Å². The van der Waals surface area contributed by atoms with Crippen LogP contribution in [0, 0.1) is 0 Å². The van der Waals surface area contributed by atoms with Crippen molar-refractivity contribution in [1.82, 2.24) is 9.80 Å². The van der Waals surface area contributed by atoms with Gasteiger partial charge in [-0.25, -0.2) is 0 Å². The molecule has 0 amide bonds. The van der Waals surface area contributed by atoms with Gasteiger partial charge in [0.05, 0.1) is 0 Å². The zero-order chi connectivity index (χ0) is 9.56. The molecule has 12 heavy (non-hydrogen) atoms. The molecule has 0 aromatic heterocycles. The number of likely N-dealkylation sites (N-methyl/N-ethyl adjacent to an activating group) is 2. The van der Waals surface area contributed by atoms with Crippen molar-refractivity contribution in [2.75, 3.05) is 33.7 Å². The molecular formula is C10H24N2. The maximum atomic E-state index is 2.46. The molecule has 0 N–H and O–H groups in total. The molecule has 2 heteroatoms. The van der Waals surface area contributed by atoms with Gasteiger partial charge in [-0.05, 0) is 20.5 Å². The molecule has 0 saturated carbocycles. The summed E-state index contributed by atoms with van der Waals surface area (Å²) in [6.07, 6.45) is 1.28. The van der Waals surface area contributed by atoms with E-state index in [0.29, 0.717) is 0 Å².